The minimum absolute atomic E-state index is 0.0858. The number of carbonyl (C=O) groups is 1. The molecule has 0 saturated heterocycles. The summed E-state index contributed by atoms with van der Waals surface area (Å²) in [6, 6.07) is 8.58. The number of amides is 1. The van der Waals surface area contributed by atoms with Gasteiger partial charge in [-0.1, -0.05) is 64.8 Å². The molecular weight excluding hydrogens is 328 g/mol. The molecule has 0 aliphatic carbocycles. The first-order chi connectivity index (χ1) is 12.0. The fraction of sp³-hybridized carbons (Fsp3) is 0.524. The Balaban J connectivity index is 2.00. The lowest BCUT2D eigenvalue weighted by molar-refractivity contribution is -0.120. The van der Waals surface area contributed by atoms with Crippen LogP contribution in [-0.4, -0.2) is 10.9 Å². The van der Waals surface area contributed by atoms with Crippen molar-refractivity contribution in [3.05, 3.63) is 35.2 Å². The third-order valence-electron chi connectivity index (χ3n) is 4.40. The molecule has 136 valence electrons. The van der Waals surface area contributed by atoms with Crippen LogP contribution in [0.5, 0.6) is 0 Å². The van der Waals surface area contributed by atoms with Crippen LogP contribution in [0.1, 0.15) is 58.9 Å². The summed E-state index contributed by atoms with van der Waals surface area (Å²) in [5, 5.41) is 5.71. The lowest BCUT2D eigenvalue weighted by Gasteiger charge is -2.12. The molecular formula is C21H30N2OS. The number of anilines is 1. The third kappa shape index (κ3) is 5.96. The summed E-state index contributed by atoms with van der Waals surface area (Å²) < 4.78 is 0. The van der Waals surface area contributed by atoms with Crippen molar-refractivity contribution >= 4 is 22.4 Å². The van der Waals surface area contributed by atoms with Gasteiger partial charge in [0.1, 0.15) is 0 Å². The number of rotatable bonds is 9. The molecule has 1 atom stereocenters. The maximum atomic E-state index is 12.4. The lowest BCUT2D eigenvalue weighted by atomic mass is 9.99. The second-order valence-corrected chi connectivity index (χ2v) is 7.93. The van der Waals surface area contributed by atoms with E-state index >= 15 is 0 Å². The Morgan fingerprint density at radius 3 is 2.52 bits per heavy atom. The fourth-order valence-corrected chi connectivity index (χ4v) is 3.65. The number of nitrogens with zero attached hydrogens (tertiary/aromatic N) is 1. The van der Waals surface area contributed by atoms with Crippen LogP contribution < -0.4 is 5.32 Å². The topological polar surface area (TPSA) is 42.0 Å². The molecule has 0 saturated carbocycles. The lowest BCUT2D eigenvalue weighted by Crippen LogP contribution is -2.22. The molecule has 2 aromatic rings. The number of unbranched alkanes of at least 4 members (excludes halogenated alkanes) is 1. The van der Waals surface area contributed by atoms with Gasteiger partial charge in [-0.3, -0.25) is 4.79 Å². The maximum absolute atomic E-state index is 12.4. The molecule has 1 aromatic carbocycles. The Kier molecular flexibility index (Phi) is 7.63. The van der Waals surface area contributed by atoms with Crippen molar-refractivity contribution in [1.29, 1.82) is 0 Å². The Hall–Kier alpha value is -1.68. The van der Waals surface area contributed by atoms with Gasteiger partial charge >= 0.3 is 0 Å². The second kappa shape index (κ2) is 9.71. The average Bonchev–Trinajstić information content (AvgIpc) is 3.04. The van der Waals surface area contributed by atoms with E-state index in [9.17, 15) is 4.79 Å². The van der Waals surface area contributed by atoms with E-state index in [1.54, 1.807) is 0 Å². The van der Waals surface area contributed by atoms with Crippen molar-refractivity contribution in [2.24, 2.45) is 11.8 Å². The van der Waals surface area contributed by atoms with Crippen molar-refractivity contribution in [2.45, 2.75) is 59.8 Å². The molecule has 0 fully saturated rings. The van der Waals surface area contributed by atoms with Gasteiger partial charge in [-0.05, 0) is 30.7 Å². The maximum Gasteiger partial charge on any atom is 0.229 e. The summed E-state index contributed by atoms with van der Waals surface area (Å²) >= 11 is 1.50. The molecule has 0 radical (unpaired) electrons. The third-order valence-corrected chi connectivity index (χ3v) is 5.16. The number of hydrogen-bond acceptors (Lipinski definition) is 3. The van der Waals surface area contributed by atoms with Gasteiger partial charge in [0.05, 0.1) is 5.69 Å². The minimum atomic E-state index is 0.0858. The molecule has 0 spiro atoms. The summed E-state index contributed by atoms with van der Waals surface area (Å²) in [5.41, 5.74) is 3.38. The monoisotopic (exact) mass is 358 g/mol. The van der Waals surface area contributed by atoms with Gasteiger partial charge in [-0.25, -0.2) is 4.98 Å². The highest BCUT2D eigenvalue weighted by Crippen LogP contribution is 2.26. The zero-order valence-corrected chi connectivity index (χ0v) is 16.7. The van der Waals surface area contributed by atoms with Crippen molar-refractivity contribution in [3.8, 4) is 11.3 Å². The molecule has 0 bridgehead atoms. The quantitative estimate of drug-likeness (QED) is 0.583. The van der Waals surface area contributed by atoms with Gasteiger partial charge in [-0.15, -0.1) is 11.3 Å². The van der Waals surface area contributed by atoms with Crippen LogP contribution in [0.15, 0.2) is 29.6 Å². The van der Waals surface area contributed by atoms with Crippen LogP contribution in [0.4, 0.5) is 5.13 Å². The van der Waals surface area contributed by atoms with Crippen LogP contribution in [0.3, 0.4) is 0 Å². The highest BCUT2D eigenvalue weighted by molar-refractivity contribution is 7.14. The van der Waals surface area contributed by atoms with Gasteiger partial charge in [0.2, 0.25) is 5.91 Å². The first-order valence-electron chi connectivity index (χ1n) is 9.39. The zero-order chi connectivity index (χ0) is 18.2. The van der Waals surface area contributed by atoms with E-state index in [2.05, 4.69) is 62.3 Å². The molecule has 2 rings (SSSR count). The SMILES string of the molecule is CCCCC(CC)C(=O)Nc1nc(-c2ccc(CC(C)C)cc2)cs1. The van der Waals surface area contributed by atoms with E-state index in [1.807, 2.05) is 5.38 Å². The Bertz CT molecular complexity index is 661. The summed E-state index contributed by atoms with van der Waals surface area (Å²) in [6.45, 7) is 8.69. The predicted molar refractivity (Wildman–Crippen MR) is 108 cm³/mol. The highest BCUT2D eigenvalue weighted by Gasteiger charge is 2.17. The number of thiazole rings is 1. The predicted octanol–water partition coefficient (Wildman–Crippen LogP) is 6.16. The van der Waals surface area contributed by atoms with Crippen molar-refractivity contribution in [3.63, 3.8) is 0 Å². The van der Waals surface area contributed by atoms with Crippen molar-refractivity contribution < 1.29 is 4.79 Å². The number of carbonyl (C=O) groups excluding carboxylic acids is 1. The molecule has 4 heteroatoms. The van der Waals surface area contributed by atoms with Gasteiger partial charge < -0.3 is 5.32 Å². The van der Waals surface area contributed by atoms with Gasteiger partial charge in [-0.2, -0.15) is 0 Å². The van der Waals surface area contributed by atoms with E-state index in [-0.39, 0.29) is 11.8 Å². The summed E-state index contributed by atoms with van der Waals surface area (Å²) in [6.07, 6.45) is 5.14. The van der Waals surface area contributed by atoms with Crippen molar-refractivity contribution in [1.82, 2.24) is 4.98 Å². The summed E-state index contributed by atoms with van der Waals surface area (Å²) in [7, 11) is 0. The molecule has 3 nitrogen and oxygen atoms in total. The molecule has 25 heavy (non-hydrogen) atoms. The van der Waals surface area contributed by atoms with E-state index in [0.29, 0.717) is 11.0 Å². The van der Waals surface area contributed by atoms with Gasteiger partial charge in [0.15, 0.2) is 5.13 Å². The minimum Gasteiger partial charge on any atom is -0.302 e. The van der Waals surface area contributed by atoms with E-state index < -0.39 is 0 Å². The Morgan fingerprint density at radius 2 is 1.92 bits per heavy atom. The molecule has 0 aliphatic rings. The van der Waals surface area contributed by atoms with Crippen molar-refractivity contribution in [2.75, 3.05) is 5.32 Å². The van der Waals surface area contributed by atoms with E-state index in [1.165, 1.54) is 16.9 Å². The second-order valence-electron chi connectivity index (χ2n) is 7.07. The van der Waals surface area contributed by atoms with E-state index in [0.717, 1.165) is 43.4 Å². The number of aromatic nitrogens is 1. The van der Waals surface area contributed by atoms with Crippen LogP contribution >= 0.6 is 11.3 Å². The molecule has 1 aromatic heterocycles. The largest absolute Gasteiger partial charge is 0.302 e. The standard InChI is InChI=1S/C21H30N2OS/c1-5-7-8-17(6-2)20(24)23-21-22-19(14-25-21)18-11-9-16(10-12-18)13-15(3)4/h9-12,14-15,17H,5-8,13H2,1-4H3,(H,22,23,24). The molecule has 0 aliphatic heterocycles. The molecule has 1 heterocycles. The molecule has 1 amide bonds. The normalized spacial score (nSPS) is 12.4. The van der Waals surface area contributed by atoms with E-state index in [4.69, 9.17) is 0 Å². The molecule has 1 N–H and O–H groups in total. The first-order valence-corrected chi connectivity index (χ1v) is 10.3. The summed E-state index contributed by atoms with van der Waals surface area (Å²) in [5.74, 6) is 0.845. The van der Waals surface area contributed by atoms with Crippen LogP contribution in [0.25, 0.3) is 11.3 Å². The van der Waals surface area contributed by atoms with Crippen LogP contribution in [0, 0.1) is 11.8 Å². The Labute approximate surface area is 155 Å². The average molecular weight is 359 g/mol. The number of hydrogen-bond donors (Lipinski definition) is 1. The summed E-state index contributed by atoms with van der Waals surface area (Å²) in [4.78, 5) is 17.0. The van der Waals surface area contributed by atoms with Crippen LogP contribution in [0.2, 0.25) is 0 Å². The van der Waals surface area contributed by atoms with Gasteiger partial charge in [0.25, 0.3) is 0 Å². The highest BCUT2D eigenvalue weighted by atomic mass is 32.1. The van der Waals surface area contributed by atoms with Crippen LogP contribution in [-0.2, 0) is 11.2 Å². The zero-order valence-electron chi connectivity index (χ0n) is 15.8. The Morgan fingerprint density at radius 1 is 1.20 bits per heavy atom. The number of benzene rings is 1. The van der Waals surface area contributed by atoms with Gasteiger partial charge in [0, 0.05) is 16.9 Å². The molecule has 1 unspecified atom stereocenters. The first kappa shape index (κ1) is 19.6. The fourth-order valence-electron chi connectivity index (χ4n) is 2.93. The smallest absolute Gasteiger partial charge is 0.229 e. The number of nitrogens with one attached hydrogen (secondary N) is 1.